The average Bonchev–Trinajstić information content (AvgIpc) is 2.34. The van der Waals surface area contributed by atoms with Crippen LogP contribution in [-0.2, 0) is 15.3 Å². The molecule has 1 aliphatic rings. The van der Waals surface area contributed by atoms with Gasteiger partial charge in [0.2, 0.25) is 5.79 Å². The maximum atomic E-state index is 6.19. The topological polar surface area (TPSA) is 30.5 Å². The number of hydrogen-bond acceptors (Lipinski definition) is 3. The number of benzene rings is 1. The molecule has 0 spiro atoms. The summed E-state index contributed by atoms with van der Waals surface area (Å²) in [5.74, 6) is -0.927. The van der Waals surface area contributed by atoms with Gasteiger partial charge in [0.15, 0.2) is 0 Å². The molecule has 7 heteroatoms. The molecule has 102 valence electrons. The van der Waals surface area contributed by atoms with Gasteiger partial charge in [-0.3, -0.25) is 0 Å². The maximum absolute atomic E-state index is 6.19. The van der Waals surface area contributed by atoms with Crippen molar-refractivity contribution in [1.82, 2.24) is 5.32 Å². The smallest absolute Gasteiger partial charge is 0.209 e. The second-order valence-corrected chi connectivity index (χ2v) is 4.95. The van der Waals surface area contributed by atoms with Gasteiger partial charge in [0, 0.05) is 24.2 Å². The molecule has 3 nitrogen and oxygen atoms in total. The lowest BCUT2D eigenvalue weighted by Gasteiger charge is -2.37. The van der Waals surface area contributed by atoms with Crippen LogP contribution in [0.2, 0.25) is 15.1 Å². The quantitative estimate of drug-likeness (QED) is 0.841. The molecule has 2 rings (SSSR count). The van der Waals surface area contributed by atoms with E-state index >= 15 is 0 Å². The Balaban J connectivity index is 0.00000162. The van der Waals surface area contributed by atoms with Crippen LogP contribution in [0.25, 0.3) is 0 Å². The van der Waals surface area contributed by atoms with E-state index in [0.717, 1.165) is 6.54 Å². The molecule has 1 unspecified atom stereocenters. The highest BCUT2D eigenvalue weighted by Gasteiger charge is 2.38. The molecule has 0 saturated carbocycles. The van der Waals surface area contributed by atoms with Gasteiger partial charge in [-0.25, -0.2) is 0 Å². The van der Waals surface area contributed by atoms with Crippen molar-refractivity contribution in [2.45, 2.75) is 5.79 Å². The van der Waals surface area contributed by atoms with Gasteiger partial charge >= 0.3 is 0 Å². The summed E-state index contributed by atoms with van der Waals surface area (Å²) in [4.78, 5) is 0. The van der Waals surface area contributed by atoms with Crippen LogP contribution in [0.4, 0.5) is 0 Å². The van der Waals surface area contributed by atoms with E-state index in [-0.39, 0.29) is 12.4 Å². The first-order valence-electron chi connectivity index (χ1n) is 5.14. The van der Waals surface area contributed by atoms with Gasteiger partial charge in [-0.05, 0) is 12.1 Å². The van der Waals surface area contributed by atoms with Gasteiger partial charge in [0.1, 0.15) is 0 Å². The minimum atomic E-state index is -0.927. The lowest BCUT2D eigenvalue weighted by Crippen LogP contribution is -2.49. The lowest BCUT2D eigenvalue weighted by atomic mass is 10.0. The van der Waals surface area contributed by atoms with Gasteiger partial charge in [-0.1, -0.05) is 34.8 Å². The summed E-state index contributed by atoms with van der Waals surface area (Å²) in [5.41, 5.74) is 0.645. The van der Waals surface area contributed by atoms with E-state index in [9.17, 15) is 0 Å². The van der Waals surface area contributed by atoms with Crippen molar-refractivity contribution in [3.05, 3.63) is 32.8 Å². The molecule has 1 N–H and O–H groups in total. The molecule has 1 atom stereocenters. The summed E-state index contributed by atoms with van der Waals surface area (Å²) in [6, 6.07) is 3.31. The molecule has 0 radical (unpaired) electrons. The summed E-state index contributed by atoms with van der Waals surface area (Å²) in [7, 11) is 1.57. The number of hydrogen-bond donors (Lipinski definition) is 1. The molecule has 1 aliphatic heterocycles. The minimum Gasteiger partial charge on any atom is -0.348 e. The van der Waals surface area contributed by atoms with Gasteiger partial charge < -0.3 is 14.8 Å². The second kappa shape index (κ2) is 6.62. The first-order chi connectivity index (χ1) is 8.09. The summed E-state index contributed by atoms with van der Waals surface area (Å²) in [6.07, 6.45) is 0. The van der Waals surface area contributed by atoms with E-state index in [4.69, 9.17) is 44.3 Å². The Bertz CT molecular complexity index is 422. The second-order valence-electron chi connectivity index (χ2n) is 3.73. The Kier molecular flexibility index (Phi) is 6.00. The Morgan fingerprint density at radius 3 is 2.61 bits per heavy atom. The molecule has 0 aliphatic carbocycles. The van der Waals surface area contributed by atoms with Crippen LogP contribution in [0.5, 0.6) is 0 Å². The number of rotatable bonds is 2. The third kappa shape index (κ3) is 3.05. The van der Waals surface area contributed by atoms with Crippen LogP contribution in [0.1, 0.15) is 5.56 Å². The van der Waals surface area contributed by atoms with Crippen molar-refractivity contribution in [2.24, 2.45) is 0 Å². The SMILES string of the molecule is COC1(c2cc(Cl)cc(Cl)c2Cl)CNCCO1.Cl. The summed E-state index contributed by atoms with van der Waals surface area (Å²) in [5, 5.41) is 4.49. The van der Waals surface area contributed by atoms with Crippen molar-refractivity contribution in [3.63, 3.8) is 0 Å². The first-order valence-corrected chi connectivity index (χ1v) is 6.27. The Morgan fingerprint density at radius 2 is 2.06 bits per heavy atom. The van der Waals surface area contributed by atoms with E-state index in [1.165, 1.54) is 0 Å². The first kappa shape index (κ1) is 16.3. The highest BCUT2D eigenvalue weighted by atomic mass is 35.5. The fraction of sp³-hybridized carbons (Fsp3) is 0.455. The highest BCUT2D eigenvalue weighted by Crippen LogP contribution is 2.39. The number of morpholine rings is 1. The fourth-order valence-corrected chi connectivity index (χ4v) is 2.59. The van der Waals surface area contributed by atoms with Crippen molar-refractivity contribution >= 4 is 47.2 Å². The predicted molar refractivity (Wildman–Crippen MR) is 76.2 cm³/mol. The third-order valence-electron chi connectivity index (χ3n) is 2.70. The number of halogens is 4. The van der Waals surface area contributed by atoms with E-state index in [1.54, 1.807) is 19.2 Å². The predicted octanol–water partition coefficient (Wildman–Crippen LogP) is 3.49. The van der Waals surface area contributed by atoms with E-state index in [1.807, 2.05) is 0 Å². The monoisotopic (exact) mass is 331 g/mol. The van der Waals surface area contributed by atoms with Gasteiger partial charge in [-0.15, -0.1) is 12.4 Å². The van der Waals surface area contributed by atoms with Crippen molar-refractivity contribution < 1.29 is 9.47 Å². The van der Waals surface area contributed by atoms with Crippen LogP contribution >= 0.6 is 47.2 Å². The lowest BCUT2D eigenvalue weighted by molar-refractivity contribution is -0.241. The molecule has 0 amide bonds. The van der Waals surface area contributed by atoms with Crippen LogP contribution in [0, 0.1) is 0 Å². The molecule has 1 heterocycles. The summed E-state index contributed by atoms with van der Waals surface area (Å²) >= 11 is 18.2. The van der Waals surface area contributed by atoms with Crippen LogP contribution in [-0.4, -0.2) is 26.8 Å². The normalized spacial score (nSPS) is 23.6. The standard InChI is InChI=1S/C11H12Cl3NO2.ClH/c1-16-11(6-15-2-3-17-11)8-4-7(12)5-9(13)10(8)14;/h4-5,15H,2-3,6H2,1H3;1H. The Hall–Kier alpha value is 0.260. The molecule has 1 saturated heterocycles. The number of nitrogens with one attached hydrogen (secondary N) is 1. The maximum Gasteiger partial charge on any atom is 0.209 e. The van der Waals surface area contributed by atoms with E-state index < -0.39 is 5.79 Å². The molecule has 1 aromatic rings. The van der Waals surface area contributed by atoms with Crippen molar-refractivity contribution in [1.29, 1.82) is 0 Å². The number of ether oxygens (including phenoxy) is 2. The molecular weight excluding hydrogens is 320 g/mol. The molecule has 1 aromatic carbocycles. The molecule has 18 heavy (non-hydrogen) atoms. The Morgan fingerprint density at radius 1 is 1.33 bits per heavy atom. The molecular formula is C11H13Cl4NO2. The summed E-state index contributed by atoms with van der Waals surface area (Å²) in [6.45, 7) is 1.81. The Labute approximate surface area is 127 Å². The minimum absolute atomic E-state index is 0. The number of methoxy groups -OCH3 is 1. The zero-order valence-corrected chi connectivity index (χ0v) is 12.7. The molecule has 0 aromatic heterocycles. The van der Waals surface area contributed by atoms with Gasteiger partial charge in [0.05, 0.1) is 23.2 Å². The van der Waals surface area contributed by atoms with Crippen LogP contribution < -0.4 is 5.32 Å². The zero-order valence-electron chi connectivity index (χ0n) is 9.63. The largest absolute Gasteiger partial charge is 0.348 e. The van der Waals surface area contributed by atoms with Crippen LogP contribution in [0.15, 0.2) is 12.1 Å². The highest BCUT2D eigenvalue weighted by molar-refractivity contribution is 6.43. The fourth-order valence-electron chi connectivity index (χ4n) is 1.84. The molecule has 1 fully saturated rings. The van der Waals surface area contributed by atoms with E-state index in [0.29, 0.717) is 33.8 Å². The molecule has 0 bridgehead atoms. The summed E-state index contributed by atoms with van der Waals surface area (Å²) < 4.78 is 11.2. The van der Waals surface area contributed by atoms with Gasteiger partial charge in [0.25, 0.3) is 0 Å². The van der Waals surface area contributed by atoms with E-state index in [2.05, 4.69) is 5.32 Å². The van der Waals surface area contributed by atoms with Crippen molar-refractivity contribution in [2.75, 3.05) is 26.8 Å². The van der Waals surface area contributed by atoms with Crippen LogP contribution in [0.3, 0.4) is 0 Å². The average molecular weight is 333 g/mol. The third-order valence-corrected chi connectivity index (χ3v) is 3.73. The van der Waals surface area contributed by atoms with Crippen molar-refractivity contribution in [3.8, 4) is 0 Å². The van der Waals surface area contributed by atoms with Gasteiger partial charge in [-0.2, -0.15) is 0 Å². The zero-order chi connectivity index (χ0) is 12.5.